The summed E-state index contributed by atoms with van der Waals surface area (Å²) in [7, 11) is 0. The van der Waals surface area contributed by atoms with E-state index < -0.39 is 0 Å². The molecule has 0 bridgehead atoms. The Kier molecular flexibility index (Phi) is 5.08. The van der Waals surface area contributed by atoms with Crippen molar-refractivity contribution in [3.63, 3.8) is 0 Å². The van der Waals surface area contributed by atoms with Crippen LogP contribution < -0.4 is 16.6 Å². The number of hydrazine groups is 1. The van der Waals surface area contributed by atoms with E-state index in [1.165, 1.54) is 38.5 Å². The Labute approximate surface area is 85.4 Å². The summed E-state index contributed by atoms with van der Waals surface area (Å²) in [5, 5.41) is 3.63. The molecular weight excluding hydrogens is 182 g/mol. The molecule has 1 rings (SSSR count). The highest BCUT2D eigenvalue weighted by atomic mass is 32.1. The molecule has 1 aliphatic carbocycles. The lowest BCUT2D eigenvalue weighted by molar-refractivity contribution is 0.339. The van der Waals surface area contributed by atoms with Gasteiger partial charge in [0.1, 0.15) is 0 Å². The van der Waals surface area contributed by atoms with Gasteiger partial charge in [0.05, 0.1) is 0 Å². The highest BCUT2D eigenvalue weighted by Gasteiger charge is 2.12. The molecular formula is C9H19N3S. The second-order valence-corrected chi connectivity index (χ2v) is 4.10. The van der Waals surface area contributed by atoms with Crippen LogP contribution in [-0.4, -0.2) is 11.7 Å². The fourth-order valence-corrected chi connectivity index (χ4v) is 2.02. The smallest absolute Gasteiger partial charge is 0.180 e. The highest BCUT2D eigenvalue weighted by molar-refractivity contribution is 7.80. The molecule has 1 aliphatic rings. The van der Waals surface area contributed by atoms with Crippen LogP contribution in [0.1, 0.15) is 38.5 Å². The van der Waals surface area contributed by atoms with E-state index in [0.29, 0.717) is 5.11 Å². The molecule has 3 nitrogen and oxygen atoms in total. The third kappa shape index (κ3) is 4.43. The van der Waals surface area contributed by atoms with Crippen molar-refractivity contribution in [1.82, 2.24) is 10.7 Å². The molecule has 0 spiro atoms. The number of nitrogens with one attached hydrogen (secondary N) is 2. The van der Waals surface area contributed by atoms with Crippen molar-refractivity contribution in [3.05, 3.63) is 0 Å². The molecule has 1 saturated carbocycles. The molecule has 13 heavy (non-hydrogen) atoms. The Morgan fingerprint density at radius 1 is 1.31 bits per heavy atom. The molecule has 4 N–H and O–H groups in total. The summed E-state index contributed by atoms with van der Waals surface area (Å²) >= 11 is 4.87. The average molecular weight is 201 g/mol. The van der Waals surface area contributed by atoms with Gasteiger partial charge < -0.3 is 10.7 Å². The molecule has 0 aromatic heterocycles. The van der Waals surface area contributed by atoms with E-state index in [0.717, 1.165) is 12.5 Å². The van der Waals surface area contributed by atoms with E-state index in [9.17, 15) is 0 Å². The van der Waals surface area contributed by atoms with Gasteiger partial charge in [-0.15, -0.1) is 0 Å². The van der Waals surface area contributed by atoms with Crippen LogP contribution in [0.25, 0.3) is 0 Å². The lowest BCUT2D eigenvalue weighted by Gasteiger charge is -2.21. The monoisotopic (exact) mass is 201 g/mol. The third-order valence-electron chi connectivity index (χ3n) is 2.69. The Morgan fingerprint density at radius 2 is 2.00 bits per heavy atom. The first-order valence-electron chi connectivity index (χ1n) is 5.07. The Morgan fingerprint density at radius 3 is 2.62 bits per heavy atom. The minimum absolute atomic E-state index is 0.552. The van der Waals surface area contributed by atoms with Gasteiger partial charge in [0.25, 0.3) is 0 Å². The van der Waals surface area contributed by atoms with Crippen LogP contribution in [0.4, 0.5) is 0 Å². The summed E-state index contributed by atoms with van der Waals surface area (Å²) in [5.41, 5.74) is 2.42. The largest absolute Gasteiger partial charge is 0.362 e. The lowest BCUT2D eigenvalue weighted by Crippen LogP contribution is -2.40. The second-order valence-electron chi connectivity index (χ2n) is 3.69. The molecule has 0 aliphatic heterocycles. The van der Waals surface area contributed by atoms with Gasteiger partial charge in [-0.1, -0.05) is 32.1 Å². The van der Waals surface area contributed by atoms with Crippen molar-refractivity contribution in [2.75, 3.05) is 6.54 Å². The summed E-state index contributed by atoms with van der Waals surface area (Å²) in [4.78, 5) is 0. The van der Waals surface area contributed by atoms with Crippen LogP contribution in [0.5, 0.6) is 0 Å². The third-order valence-corrected chi connectivity index (χ3v) is 2.96. The van der Waals surface area contributed by atoms with Crippen LogP contribution in [-0.2, 0) is 0 Å². The van der Waals surface area contributed by atoms with E-state index in [4.69, 9.17) is 18.1 Å². The number of nitrogens with two attached hydrogens (primary N) is 1. The van der Waals surface area contributed by atoms with Gasteiger partial charge in [-0.3, -0.25) is 0 Å². The van der Waals surface area contributed by atoms with Crippen LogP contribution >= 0.6 is 12.2 Å². The summed E-state index contributed by atoms with van der Waals surface area (Å²) in [5.74, 6) is 6.04. The van der Waals surface area contributed by atoms with Crippen LogP contribution in [0, 0.1) is 5.92 Å². The van der Waals surface area contributed by atoms with Gasteiger partial charge in [0, 0.05) is 6.54 Å². The zero-order valence-corrected chi connectivity index (χ0v) is 8.83. The van der Waals surface area contributed by atoms with Crippen molar-refractivity contribution >= 4 is 17.3 Å². The molecule has 0 unspecified atom stereocenters. The minimum Gasteiger partial charge on any atom is -0.362 e. The van der Waals surface area contributed by atoms with Gasteiger partial charge >= 0.3 is 0 Å². The molecule has 0 aromatic rings. The van der Waals surface area contributed by atoms with E-state index in [2.05, 4.69) is 10.7 Å². The molecule has 0 heterocycles. The fraction of sp³-hybridized carbons (Fsp3) is 0.889. The molecule has 0 atom stereocenters. The van der Waals surface area contributed by atoms with Crippen molar-refractivity contribution in [2.24, 2.45) is 11.8 Å². The van der Waals surface area contributed by atoms with Gasteiger partial charge in [-0.25, -0.2) is 5.84 Å². The van der Waals surface area contributed by atoms with Gasteiger partial charge in [0.2, 0.25) is 0 Å². The summed E-state index contributed by atoms with van der Waals surface area (Å²) in [6.45, 7) is 0.952. The Balaban J connectivity index is 2.01. The number of thiocarbonyl (C=S) groups is 1. The molecule has 4 heteroatoms. The molecule has 0 aromatic carbocycles. The zero-order valence-electron chi connectivity index (χ0n) is 8.01. The normalized spacial score (nSPS) is 18.2. The second kappa shape index (κ2) is 6.16. The first-order chi connectivity index (χ1) is 6.33. The molecule has 0 radical (unpaired) electrons. The molecule has 0 amide bonds. The van der Waals surface area contributed by atoms with E-state index in [1.54, 1.807) is 0 Å². The number of rotatable bonds is 3. The summed E-state index contributed by atoms with van der Waals surface area (Å²) in [6, 6.07) is 0. The van der Waals surface area contributed by atoms with E-state index in [1.807, 2.05) is 0 Å². The summed E-state index contributed by atoms with van der Waals surface area (Å²) < 4.78 is 0. The maximum absolute atomic E-state index is 5.14. The van der Waals surface area contributed by atoms with Crippen molar-refractivity contribution in [1.29, 1.82) is 0 Å². The van der Waals surface area contributed by atoms with Crippen LogP contribution in [0.2, 0.25) is 0 Å². The predicted octanol–water partition coefficient (Wildman–Crippen LogP) is 1.29. The molecule has 76 valence electrons. The van der Waals surface area contributed by atoms with Gasteiger partial charge in [0.15, 0.2) is 5.11 Å². The Bertz CT molecular complexity index is 155. The zero-order chi connectivity index (χ0) is 9.52. The SMILES string of the molecule is NNC(=S)NCCC1CCCCC1. The summed E-state index contributed by atoms with van der Waals surface area (Å²) in [6.07, 6.45) is 8.25. The lowest BCUT2D eigenvalue weighted by atomic mass is 9.87. The first-order valence-corrected chi connectivity index (χ1v) is 5.48. The van der Waals surface area contributed by atoms with Crippen molar-refractivity contribution < 1.29 is 0 Å². The van der Waals surface area contributed by atoms with E-state index in [-0.39, 0.29) is 0 Å². The van der Waals surface area contributed by atoms with Crippen molar-refractivity contribution in [2.45, 2.75) is 38.5 Å². The maximum Gasteiger partial charge on any atom is 0.180 e. The van der Waals surface area contributed by atoms with Crippen LogP contribution in [0.3, 0.4) is 0 Å². The minimum atomic E-state index is 0.552. The number of hydrogen-bond donors (Lipinski definition) is 3. The molecule has 1 fully saturated rings. The Hall–Kier alpha value is -0.350. The van der Waals surface area contributed by atoms with Crippen molar-refractivity contribution in [3.8, 4) is 0 Å². The van der Waals surface area contributed by atoms with E-state index >= 15 is 0 Å². The number of hydrogen-bond acceptors (Lipinski definition) is 2. The quantitative estimate of drug-likeness (QED) is 0.366. The fourth-order valence-electron chi connectivity index (χ4n) is 1.92. The topological polar surface area (TPSA) is 50.1 Å². The molecule has 0 saturated heterocycles. The average Bonchev–Trinajstić information content (AvgIpc) is 2.19. The predicted molar refractivity (Wildman–Crippen MR) is 59.1 cm³/mol. The van der Waals surface area contributed by atoms with Gasteiger partial charge in [-0.2, -0.15) is 0 Å². The van der Waals surface area contributed by atoms with Gasteiger partial charge in [-0.05, 0) is 24.6 Å². The van der Waals surface area contributed by atoms with Crippen LogP contribution in [0.15, 0.2) is 0 Å². The maximum atomic E-state index is 5.14. The first kappa shape index (κ1) is 10.7. The standard InChI is InChI=1S/C9H19N3S/c10-12-9(13)11-7-6-8-4-2-1-3-5-8/h8H,1-7,10H2,(H2,11,12,13). The highest BCUT2D eigenvalue weighted by Crippen LogP contribution is 2.25.